The molecule has 1 aliphatic rings. The van der Waals surface area contributed by atoms with Gasteiger partial charge in [0.05, 0.1) is 6.20 Å². The summed E-state index contributed by atoms with van der Waals surface area (Å²) in [5, 5.41) is 8.02. The van der Waals surface area contributed by atoms with Crippen LogP contribution in [0.5, 0.6) is 0 Å². The number of aromatic nitrogens is 2. The van der Waals surface area contributed by atoms with Crippen molar-refractivity contribution in [3.05, 3.63) is 17.5 Å². The third-order valence-electron chi connectivity index (χ3n) is 4.17. The predicted octanol–water partition coefficient (Wildman–Crippen LogP) is 1.51. The van der Waals surface area contributed by atoms with Crippen molar-refractivity contribution in [1.82, 2.24) is 15.1 Å². The molecule has 3 unspecified atom stereocenters. The van der Waals surface area contributed by atoms with E-state index in [1.807, 2.05) is 17.9 Å². The summed E-state index contributed by atoms with van der Waals surface area (Å²) in [7, 11) is 1.99. The maximum Gasteiger partial charge on any atom is 0.0540 e. The Bertz CT molecular complexity index is 371. The smallest absolute Gasteiger partial charge is 0.0540 e. The van der Waals surface area contributed by atoms with Gasteiger partial charge < -0.3 is 11.1 Å². The molecule has 1 fully saturated rings. The topological polar surface area (TPSA) is 55.9 Å². The zero-order valence-corrected chi connectivity index (χ0v) is 11.1. The Labute approximate surface area is 104 Å². The number of hydrogen-bond acceptors (Lipinski definition) is 3. The molecular weight excluding hydrogens is 212 g/mol. The van der Waals surface area contributed by atoms with Crippen molar-refractivity contribution in [1.29, 1.82) is 0 Å². The van der Waals surface area contributed by atoms with E-state index in [4.69, 9.17) is 5.73 Å². The predicted molar refractivity (Wildman–Crippen MR) is 69.7 cm³/mol. The SMILES string of the molecule is Cc1c(C(C)NC2CCCC2CN)cnn1C. The van der Waals surface area contributed by atoms with Gasteiger partial charge in [-0.25, -0.2) is 0 Å². The molecule has 3 atom stereocenters. The lowest BCUT2D eigenvalue weighted by Gasteiger charge is -2.24. The number of rotatable bonds is 4. The van der Waals surface area contributed by atoms with Crippen LogP contribution < -0.4 is 11.1 Å². The summed E-state index contributed by atoms with van der Waals surface area (Å²) >= 11 is 0. The molecular formula is C13H24N4. The summed E-state index contributed by atoms with van der Waals surface area (Å²) in [5.74, 6) is 0.648. The van der Waals surface area contributed by atoms with Crippen molar-refractivity contribution in [2.45, 2.75) is 45.2 Å². The maximum absolute atomic E-state index is 5.82. The molecule has 96 valence electrons. The molecule has 0 spiro atoms. The lowest BCUT2D eigenvalue weighted by Crippen LogP contribution is -2.37. The fourth-order valence-corrected chi connectivity index (χ4v) is 2.89. The highest BCUT2D eigenvalue weighted by Crippen LogP contribution is 2.27. The number of nitrogens with one attached hydrogen (secondary N) is 1. The molecule has 4 heteroatoms. The van der Waals surface area contributed by atoms with Crippen LogP contribution >= 0.6 is 0 Å². The van der Waals surface area contributed by atoms with Crippen LogP contribution in [0.15, 0.2) is 6.20 Å². The van der Waals surface area contributed by atoms with E-state index in [2.05, 4.69) is 24.3 Å². The summed E-state index contributed by atoms with van der Waals surface area (Å²) in [5.41, 5.74) is 8.36. The minimum absolute atomic E-state index is 0.362. The van der Waals surface area contributed by atoms with Crippen LogP contribution in [0.2, 0.25) is 0 Å². The Kier molecular flexibility index (Phi) is 3.84. The van der Waals surface area contributed by atoms with E-state index in [9.17, 15) is 0 Å². The lowest BCUT2D eigenvalue weighted by atomic mass is 10.0. The highest BCUT2D eigenvalue weighted by molar-refractivity contribution is 5.20. The van der Waals surface area contributed by atoms with Gasteiger partial charge in [-0.3, -0.25) is 4.68 Å². The minimum atomic E-state index is 0.362. The second-order valence-electron chi connectivity index (χ2n) is 5.23. The van der Waals surface area contributed by atoms with Gasteiger partial charge in [0, 0.05) is 30.4 Å². The summed E-state index contributed by atoms with van der Waals surface area (Å²) < 4.78 is 1.93. The molecule has 0 radical (unpaired) electrons. The molecule has 17 heavy (non-hydrogen) atoms. The Balaban J connectivity index is 2.01. The number of aryl methyl sites for hydroxylation is 1. The molecule has 1 aromatic rings. The molecule has 0 amide bonds. The summed E-state index contributed by atoms with van der Waals surface area (Å²) in [6, 6.07) is 0.940. The Morgan fingerprint density at radius 2 is 2.35 bits per heavy atom. The quantitative estimate of drug-likeness (QED) is 0.833. The van der Waals surface area contributed by atoms with E-state index in [0.717, 1.165) is 6.54 Å². The number of nitrogens with zero attached hydrogens (tertiary/aromatic N) is 2. The second-order valence-corrected chi connectivity index (χ2v) is 5.23. The first-order valence-electron chi connectivity index (χ1n) is 6.58. The summed E-state index contributed by atoms with van der Waals surface area (Å²) in [6.45, 7) is 5.14. The van der Waals surface area contributed by atoms with Crippen LogP contribution in [0.25, 0.3) is 0 Å². The third-order valence-corrected chi connectivity index (χ3v) is 4.17. The van der Waals surface area contributed by atoms with Crippen LogP contribution in [0.1, 0.15) is 43.5 Å². The van der Waals surface area contributed by atoms with Crippen molar-refractivity contribution >= 4 is 0 Å². The fraction of sp³-hybridized carbons (Fsp3) is 0.769. The molecule has 1 saturated carbocycles. The van der Waals surface area contributed by atoms with E-state index >= 15 is 0 Å². The molecule has 1 aromatic heterocycles. The van der Waals surface area contributed by atoms with Crippen LogP contribution in [0, 0.1) is 12.8 Å². The van der Waals surface area contributed by atoms with Crippen LogP contribution in [0.3, 0.4) is 0 Å². The highest BCUT2D eigenvalue weighted by Gasteiger charge is 2.27. The van der Waals surface area contributed by atoms with E-state index in [0.29, 0.717) is 18.0 Å². The van der Waals surface area contributed by atoms with E-state index < -0.39 is 0 Å². The summed E-state index contributed by atoms with van der Waals surface area (Å²) in [4.78, 5) is 0. The molecule has 0 aliphatic heterocycles. The molecule has 1 heterocycles. The van der Waals surface area contributed by atoms with Gasteiger partial charge >= 0.3 is 0 Å². The number of hydrogen-bond donors (Lipinski definition) is 2. The highest BCUT2D eigenvalue weighted by atomic mass is 15.3. The molecule has 0 bridgehead atoms. The largest absolute Gasteiger partial charge is 0.330 e. The average molecular weight is 236 g/mol. The Morgan fingerprint density at radius 3 is 2.94 bits per heavy atom. The standard InChI is InChI=1S/C13H24N4/c1-9(12-8-15-17(3)10(12)2)16-13-6-4-5-11(13)7-14/h8-9,11,13,16H,4-7,14H2,1-3H3. The zero-order valence-electron chi connectivity index (χ0n) is 11.1. The van der Waals surface area contributed by atoms with E-state index in [-0.39, 0.29) is 0 Å². The van der Waals surface area contributed by atoms with Gasteiger partial charge in [0.1, 0.15) is 0 Å². The van der Waals surface area contributed by atoms with Crippen molar-refractivity contribution in [3.8, 4) is 0 Å². The Morgan fingerprint density at radius 1 is 1.59 bits per heavy atom. The van der Waals surface area contributed by atoms with Crippen molar-refractivity contribution < 1.29 is 0 Å². The lowest BCUT2D eigenvalue weighted by molar-refractivity contribution is 0.373. The molecule has 0 aromatic carbocycles. The van der Waals surface area contributed by atoms with Gasteiger partial charge in [-0.15, -0.1) is 0 Å². The van der Waals surface area contributed by atoms with Gasteiger partial charge in [0.15, 0.2) is 0 Å². The molecule has 1 aliphatic carbocycles. The van der Waals surface area contributed by atoms with Gasteiger partial charge in [-0.1, -0.05) is 6.42 Å². The fourth-order valence-electron chi connectivity index (χ4n) is 2.89. The van der Waals surface area contributed by atoms with Crippen molar-refractivity contribution in [3.63, 3.8) is 0 Å². The molecule has 0 saturated heterocycles. The van der Waals surface area contributed by atoms with Gasteiger partial charge in [-0.05, 0) is 39.2 Å². The summed E-state index contributed by atoms with van der Waals surface area (Å²) in [6.07, 6.45) is 5.80. The monoisotopic (exact) mass is 236 g/mol. The van der Waals surface area contributed by atoms with Gasteiger partial charge in [-0.2, -0.15) is 5.10 Å². The second kappa shape index (κ2) is 5.19. The van der Waals surface area contributed by atoms with Gasteiger partial charge in [0.2, 0.25) is 0 Å². The number of nitrogens with two attached hydrogens (primary N) is 1. The zero-order chi connectivity index (χ0) is 12.4. The third kappa shape index (κ3) is 2.53. The van der Waals surface area contributed by atoms with E-state index in [1.54, 1.807) is 0 Å². The maximum atomic E-state index is 5.82. The first-order chi connectivity index (χ1) is 8.13. The molecule has 2 rings (SSSR count). The first kappa shape index (κ1) is 12.6. The van der Waals surface area contributed by atoms with Crippen LogP contribution in [-0.2, 0) is 7.05 Å². The average Bonchev–Trinajstić information content (AvgIpc) is 2.87. The Hall–Kier alpha value is -0.870. The van der Waals surface area contributed by atoms with Crippen molar-refractivity contribution in [2.75, 3.05) is 6.54 Å². The molecule has 4 nitrogen and oxygen atoms in total. The van der Waals surface area contributed by atoms with Crippen LogP contribution in [-0.4, -0.2) is 22.4 Å². The minimum Gasteiger partial charge on any atom is -0.330 e. The molecule has 3 N–H and O–H groups in total. The first-order valence-corrected chi connectivity index (χ1v) is 6.58. The van der Waals surface area contributed by atoms with Crippen LogP contribution in [0.4, 0.5) is 0 Å². The normalized spacial score (nSPS) is 26.4. The van der Waals surface area contributed by atoms with E-state index in [1.165, 1.54) is 30.5 Å². The van der Waals surface area contributed by atoms with Gasteiger partial charge in [0.25, 0.3) is 0 Å². The van der Waals surface area contributed by atoms with Crippen molar-refractivity contribution in [2.24, 2.45) is 18.7 Å².